The van der Waals surface area contributed by atoms with E-state index >= 15 is 0 Å². The number of hydrogen-bond donors (Lipinski definition) is 3. The van der Waals surface area contributed by atoms with Gasteiger partial charge in [0.2, 0.25) is 5.11 Å². The summed E-state index contributed by atoms with van der Waals surface area (Å²) in [5.74, 6) is -4.31. The number of azo groups is 1. The topological polar surface area (TPSA) is 72.8 Å². The predicted octanol–water partition coefficient (Wildman–Crippen LogP) is 4.77. The SMILES string of the molecule is Oc1c(N=NC(=S)Nc2cc(F)c(F)c(F)c2)[nH]c2ccccc12. The van der Waals surface area contributed by atoms with Gasteiger partial charge in [-0.1, -0.05) is 12.1 Å². The third-order valence-corrected chi connectivity index (χ3v) is 3.32. The van der Waals surface area contributed by atoms with E-state index in [1.54, 1.807) is 24.3 Å². The Morgan fingerprint density at radius 1 is 1.12 bits per heavy atom. The van der Waals surface area contributed by atoms with Crippen molar-refractivity contribution in [1.82, 2.24) is 4.98 Å². The summed E-state index contributed by atoms with van der Waals surface area (Å²) in [4.78, 5) is 2.84. The van der Waals surface area contributed by atoms with Crippen LogP contribution in [0.5, 0.6) is 5.75 Å². The maximum Gasteiger partial charge on any atom is 0.218 e. The Labute approximate surface area is 138 Å². The molecule has 0 aliphatic carbocycles. The second-order valence-electron chi connectivity index (χ2n) is 4.75. The van der Waals surface area contributed by atoms with Crippen LogP contribution < -0.4 is 5.32 Å². The van der Waals surface area contributed by atoms with Crippen molar-refractivity contribution >= 4 is 39.7 Å². The van der Waals surface area contributed by atoms with Crippen LogP contribution in [0.1, 0.15) is 0 Å². The van der Waals surface area contributed by atoms with Crippen molar-refractivity contribution in [2.24, 2.45) is 10.2 Å². The van der Waals surface area contributed by atoms with E-state index < -0.39 is 17.5 Å². The van der Waals surface area contributed by atoms with Gasteiger partial charge < -0.3 is 15.4 Å². The molecule has 0 bridgehead atoms. The number of halogens is 3. The van der Waals surface area contributed by atoms with Crippen LogP contribution in [0.4, 0.5) is 24.7 Å². The lowest BCUT2D eigenvalue weighted by atomic mass is 10.2. The minimum atomic E-state index is -1.57. The number of benzene rings is 2. The number of fused-ring (bicyclic) bond motifs is 1. The largest absolute Gasteiger partial charge is 0.504 e. The summed E-state index contributed by atoms with van der Waals surface area (Å²) >= 11 is 4.87. The van der Waals surface area contributed by atoms with Crippen molar-refractivity contribution in [3.8, 4) is 5.75 Å². The molecular weight excluding hydrogens is 341 g/mol. The predicted molar refractivity (Wildman–Crippen MR) is 87.0 cm³/mol. The fourth-order valence-electron chi connectivity index (χ4n) is 2.06. The summed E-state index contributed by atoms with van der Waals surface area (Å²) in [6.45, 7) is 0. The van der Waals surface area contributed by atoms with Crippen molar-refractivity contribution in [3.63, 3.8) is 0 Å². The molecule has 0 aliphatic heterocycles. The molecule has 2 aromatic carbocycles. The first kappa shape index (κ1) is 15.9. The molecule has 0 fully saturated rings. The van der Waals surface area contributed by atoms with Crippen molar-refractivity contribution in [1.29, 1.82) is 0 Å². The van der Waals surface area contributed by atoms with E-state index in [9.17, 15) is 18.3 Å². The molecular formula is C15H9F3N4OS. The van der Waals surface area contributed by atoms with Crippen LogP contribution in [-0.2, 0) is 0 Å². The van der Waals surface area contributed by atoms with Crippen LogP contribution in [0.2, 0.25) is 0 Å². The van der Waals surface area contributed by atoms with E-state index in [1.807, 2.05) is 0 Å². The average molecular weight is 350 g/mol. The van der Waals surface area contributed by atoms with E-state index in [0.29, 0.717) is 10.9 Å². The quantitative estimate of drug-likeness (QED) is 0.354. The molecule has 0 saturated carbocycles. The first-order valence-corrected chi connectivity index (χ1v) is 7.03. The molecule has 0 amide bonds. The zero-order chi connectivity index (χ0) is 17.3. The van der Waals surface area contributed by atoms with Crippen LogP contribution in [0.25, 0.3) is 10.9 Å². The summed E-state index contributed by atoms with van der Waals surface area (Å²) in [5, 5.41) is 20.1. The molecule has 122 valence electrons. The Bertz CT molecular complexity index is 948. The van der Waals surface area contributed by atoms with E-state index in [0.717, 1.165) is 12.1 Å². The Balaban J connectivity index is 1.79. The van der Waals surface area contributed by atoms with Gasteiger partial charge in [0.15, 0.2) is 29.0 Å². The lowest BCUT2D eigenvalue weighted by molar-refractivity contribution is 0.448. The highest BCUT2D eigenvalue weighted by Gasteiger charge is 2.12. The Morgan fingerprint density at radius 3 is 2.46 bits per heavy atom. The maximum absolute atomic E-state index is 13.1. The molecule has 1 heterocycles. The lowest BCUT2D eigenvalue weighted by Crippen LogP contribution is -2.06. The van der Waals surface area contributed by atoms with Crippen molar-refractivity contribution in [2.75, 3.05) is 5.32 Å². The normalized spacial score (nSPS) is 11.3. The van der Waals surface area contributed by atoms with Gasteiger partial charge in [0, 0.05) is 23.2 Å². The molecule has 3 rings (SSSR count). The van der Waals surface area contributed by atoms with Gasteiger partial charge in [0.1, 0.15) is 0 Å². The summed E-state index contributed by atoms with van der Waals surface area (Å²) < 4.78 is 39.1. The van der Waals surface area contributed by atoms with Gasteiger partial charge in [-0.3, -0.25) is 0 Å². The van der Waals surface area contributed by atoms with Crippen LogP contribution in [-0.4, -0.2) is 15.2 Å². The van der Waals surface area contributed by atoms with E-state index in [1.165, 1.54) is 0 Å². The highest BCUT2D eigenvalue weighted by Crippen LogP contribution is 2.34. The fraction of sp³-hybridized carbons (Fsp3) is 0. The molecule has 0 atom stereocenters. The Hall–Kier alpha value is -2.94. The highest BCUT2D eigenvalue weighted by molar-refractivity contribution is 7.80. The lowest BCUT2D eigenvalue weighted by Gasteiger charge is -2.04. The zero-order valence-electron chi connectivity index (χ0n) is 11.8. The molecule has 9 heteroatoms. The van der Waals surface area contributed by atoms with Crippen LogP contribution in [0.3, 0.4) is 0 Å². The molecule has 3 N–H and O–H groups in total. The van der Waals surface area contributed by atoms with E-state index in [4.69, 9.17) is 12.2 Å². The van der Waals surface area contributed by atoms with Crippen LogP contribution >= 0.6 is 12.2 Å². The van der Waals surface area contributed by atoms with Crippen LogP contribution in [0, 0.1) is 17.5 Å². The molecule has 0 unspecified atom stereocenters. The third-order valence-electron chi connectivity index (χ3n) is 3.14. The molecule has 0 spiro atoms. The van der Waals surface area contributed by atoms with Crippen LogP contribution in [0.15, 0.2) is 46.6 Å². The van der Waals surface area contributed by atoms with Gasteiger partial charge in [0.25, 0.3) is 0 Å². The summed E-state index contributed by atoms with van der Waals surface area (Å²) in [5.41, 5.74) is 0.543. The Kier molecular flexibility index (Phi) is 4.17. The molecule has 24 heavy (non-hydrogen) atoms. The molecule has 0 saturated heterocycles. The number of anilines is 1. The number of hydrogen-bond acceptors (Lipinski definition) is 3. The monoisotopic (exact) mass is 350 g/mol. The second-order valence-corrected chi connectivity index (χ2v) is 5.14. The molecule has 0 aliphatic rings. The zero-order valence-corrected chi connectivity index (χ0v) is 12.7. The van der Waals surface area contributed by atoms with Gasteiger partial charge in [-0.25, -0.2) is 13.2 Å². The number of aromatic hydroxyl groups is 1. The number of H-pyrrole nitrogens is 1. The standard InChI is InChI=1S/C15H9F3N4OS/c16-9-5-7(6-10(17)12(9)18)19-15(24)22-21-14-13(23)8-3-1-2-4-11(8)20-14/h1-6,20,23H,(H,19,24). The molecule has 5 nitrogen and oxygen atoms in total. The summed E-state index contributed by atoms with van der Waals surface area (Å²) in [7, 11) is 0. The Morgan fingerprint density at radius 2 is 1.79 bits per heavy atom. The summed E-state index contributed by atoms with van der Waals surface area (Å²) in [6.07, 6.45) is 0. The number of para-hydroxylation sites is 1. The minimum Gasteiger partial charge on any atom is -0.504 e. The van der Waals surface area contributed by atoms with Gasteiger partial charge in [-0.05, 0) is 24.4 Å². The average Bonchev–Trinajstić information content (AvgIpc) is 2.87. The van der Waals surface area contributed by atoms with Gasteiger partial charge in [-0.2, -0.15) is 0 Å². The summed E-state index contributed by atoms with van der Waals surface area (Å²) in [6, 6.07) is 8.44. The number of aromatic amines is 1. The minimum absolute atomic E-state index is 0.0804. The first-order valence-electron chi connectivity index (χ1n) is 6.62. The second kappa shape index (κ2) is 6.28. The van der Waals surface area contributed by atoms with Gasteiger partial charge in [-0.15, -0.1) is 10.2 Å². The molecule has 3 aromatic rings. The molecule has 0 radical (unpaired) electrons. The number of nitrogens with zero attached hydrogens (tertiary/aromatic N) is 2. The number of rotatable bonds is 2. The van der Waals surface area contributed by atoms with Gasteiger partial charge >= 0.3 is 0 Å². The smallest absolute Gasteiger partial charge is 0.218 e. The van der Waals surface area contributed by atoms with Gasteiger partial charge in [0.05, 0.1) is 5.52 Å². The maximum atomic E-state index is 13.1. The van der Waals surface area contributed by atoms with E-state index in [-0.39, 0.29) is 22.4 Å². The van der Waals surface area contributed by atoms with E-state index in [2.05, 4.69) is 20.5 Å². The van der Waals surface area contributed by atoms with Crippen molar-refractivity contribution in [2.45, 2.75) is 0 Å². The molecule has 1 aromatic heterocycles. The highest BCUT2D eigenvalue weighted by atomic mass is 32.1. The fourth-order valence-corrected chi connectivity index (χ4v) is 2.22. The van der Waals surface area contributed by atoms with Crippen molar-refractivity contribution in [3.05, 3.63) is 53.8 Å². The number of thiocarbonyl (C=S) groups is 1. The number of aromatic nitrogens is 1. The van der Waals surface area contributed by atoms with Crippen molar-refractivity contribution < 1.29 is 18.3 Å². The third kappa shape index (κ3) is 3.06. The number of nitrogens with one attached hydrogen (secondary N) is 2. The first-order chi connectivity index (χ1) is 11.5.